The van der Waals surface area contributed by atoms with Gasteiger partial charge < -0.3 is 0 Å². The summed E-state index contributed by atoms with van der Waals surface area (Å²) in [5, 5.41) is 1.37. The van der Waals surface area contributed by atoms with Gasteiger partial charge in [0.05, 0.1) is 16.9 Å². The van der Waals surface area contributed by atoms with Gasteiger partial charge in [-0.25, -0.2) is 9.97 Å². The van der Waals surface area contributed by atoms with Crippen LogP contribution in [-0.4, -0.2) is 14.5 Å². The van der Waals surface area contributed by atoms with Crippen LogP contribution in [0.3, 0.4) is 0 Å². The standard InChI is InChI=1S/C34H27N3/c1-3-11-24(12-4-1)30-21-27(22-31(36-30)25-13-5-2-6-14-25)26-19-20-34(35-23-26)37-32-17-9-7-15-28(32)29-16-8-10-18-33(29)37/h1-7,9,11-15,17,19-23H,8,10,16,18H2. The monoisotopic (exact) mass is 477 g/mol. The maximum Gasteiger partial charge on any atom is 0.137 e. The van der Waals surface area contributed by atoms with Crippen LogP contribution in [-0.2, 0) is 12.8 Å². The molecule has 0 aliphatic heterocycles. The van der Waals surface area contributed by atoms with Crippen molar-refractivity contribution in [3.05, 3.63) is 127 Å². The van der Waals surface area contributed by atoms with E-state index < -0.39 is 0 Å². The average molecular weight is 478 g/mol. The molecule has 37 heavy (non-hydrogen) atoms. The fourth-order valence-electron chi connectivity index (χ4n) is 5.66. The number of aryl methyl sites for hydroxylation is 1. The molecule has 0 radical (unpaired) electrons. The van der Waals surface area contributed by atoms with Crippen molar-refractivity contribution in [2.75, 3.05) is 0 Å². The molecule has 0 unspecified atom stereocenters. The molecule has 0 N–H and O–H groups in total. The van der Waals surface area contributed by atoms with Crippen LogP contribution in [0.1, 0.15) is 24.1 Å². The highest BCUT2D eigenvalue weighted by Crippen LogP contribution is 2.35. The fourth-order valence-corrected chi connectivity index (χ4v) is 5.66. The van der Waals surface area contributed by atoms with E-state index in [9.17, 15) is 0 Å². The molecular formula is C34H27N3. The van der Waals surface area contributed by atoms with Crippen molar-refractivity contribution >= 4 is 10.9 Å². The van der Waals surface area contributed by atoms with Gasteiger partial charge in [-0.05, 0) is 67.1 Å². The predicted molar refractivity (Wildman–Crippen MR) is 152 cm³/mol. The lowest BCUT2D eigenvalue weighted by Gasteiger charge is -2.16. The molecule has 178 valence electrons. The third kappa shape index (κ3) is 3.93. The number of hydrogen-bond acceptors (Lipinski definition) is 2. The van der Waals surface area contributed by atoms with Gasteiger partial charge in [-0.3, -0.25) is 4.57 Å². The van der Waals surface area contributed by atoms with E-state index in [4.69, 9.17) is 9.97 Å². The van der Waals surface area contributed by atoms with E-state index in [1.54, 1.807) is 0 Å². The molecule has 6 aromatic rings. The van der Waals surface area contributed by atoms with E-state index in [2.05, 4.69) is 102 Å². The summed E-state index contributed by atoms with van der Waals surface area (Å²) in [6.45, 7) is 0. The van der Waals surface area contributed by atoms with Gasteiger partial charge in [0.2, 0.25) is 0 Å². The minimum Gasteiger partial charge on any atom is -0.298 e. The van der Waals surface area contributed by atoms with E-state index in [1.165, 1.54) is 35.0 Å². The number of nitrogens with zero attached hydrogens (tertiary/aromatic N) is 3. The van der Waals surface area contributed by atoms with E-state index in [-0.39, 0.29) is 0 Å². The average Bonchev–Trinajstić information content (AvgIpc) is 3.32. The maximum atomic E-state index is 5.02. The lowest BCUT2D eigenvalue weighted by Crippen LogP contribution is -2.08. The quantitative estimate of drug-likeness (QED) is 0.256. The first kappa shape index (κ1) is 21.8. The fraction of sp³-hybridized carbons (Fsp3) is 0.118. The van der Waals surface area contributed by atoms with Crippen LogP contribution in [0.5, 0.6) is 0 Å². The molecule has 0 spiro atoms. The van der Waals surface area contributed by atoms with Crippen LogP contribution < -0.4 is 0 Å². The van der Waals surface area contributed by atoms with Crippen molar-refractivity contribution in [3.8, 4) is 39.5 Å². The smallest absolute Gasteiger partial charge is 0.137 e. The van der Waals surface area contributed by atoms with E-state index in [0.29, 0.717) is 0 Å². The molecule has 0 bridgehead atoms. The van der Waals surface area contributed by atoms with Crippen LogP contribution >= 0.6 is 0 Å². The van der Waals surface area contributed by atoms with Crippen LogP contribution in [0.4, 0.5) is 0 Å². The first-order valence-electron chi connectivity index (χ1n) is 13.1. The van der Waals surface area contributed by atoms with Gasteiger partial charge in [0.15, 0.2) is 0 Å². The van der Waals surface area contributed by atoms with Crippen molar-refractivity contribution in [2.24, 2.45) is 0 Å². The maximum absolute atomic E-state index is 5.02. The second kappa shape index (κ2) is 9.18. The van der Waals surface area contributed by atoms with Crippen molar-refractivity contribution < 1.29 is 0 Å². The molecule has 3 aromatic heterocycles. The molecule has 3 heteroatoms. The van der Waals surface area contributed by atoms with Crippen molar-refractivity contribution in [1.82, 2.24) is 14.5 Å². The van der Waals surface area contributed by atoms with E-state index in [0.717, 1.165) is 52.3 Å². The predicted octanol–water partition coefficient (Wildman–Crippen LogP) is 8.30. The number of para-hydroxylation sites is 1. The molecular weight excluding hydrogens is 450 g/mol. The van der Waals surface area contributed by atoms with Crippen molar-refractivity contribution in [2.45, 2.75) is 25.7 Å². The zero-order chi connectivity index (χ0) is 24.6. The first-order valence-corrected chi connectivity index (χ1v) is 13.1. The second-order valence-corrected chi connectivity index (χ2v) is 9.75. The summed E-state index contributed by atoms with van der Waals surface area (Å²) in [5.74, 6) is 0.990. The Kier molecular flexibility index (Phi) is 5.40. The Bertz CT molecular complexity index is 1640. The van der Waals surface area contributed by atoms with Gasteiger partial charge >= 0.3 is 0 Å². The summed E-state index contributed by atoms with van der Waals surface area (Å²) < 4.78 is 2.38. The van der Waals surface area contributed by atoms with Gasteiger partial charge in [-0.2, -0.15) is 0 Å². The topological polar surface area (TPSA) is 30.7 Å². The van der Waals surface area contributed by atoms with Crippen LogP contribution in [0, 0.1) is 0 Å². The molecule has 0 saturated carbocycles. The van der Waals surface area contributed by atoms with Gasteiger partial charge in [0.25, 0.3) is 0 Å². The highest BCUT2D eigenvalue weighted by Gasteiger charge is 2.21. The second-order valence-electron chi connectivity index (χ2n) is 9.75. The normalized spacial score (nSPS) is 13.0. The molecule has 1 aliphatic carbocycles. The summed E-state index contributed by atoms with van der Waals surface area (Å²) in [6, 6.07) is 38.3. The number of pyridine rings is 2. The SMILES string of the molecule is c1ccc(-c2cc(-c3ccc(-n4c5c(c6ccccc64)CCCC5)nc3)cc(-c3ccccc3)n2)cc1. The number of rotatable bonds is 4. The third-order valence-corrected chi connectivity index (χ3v) is 7.45. The van der Waals surface area contributed by atoms with Gasteiger partial charge in [0, 0.05) is 34.0 Å². The van der Waals surface area contributed by atoms with Gasteiger partial charge in [-0.15, -0.1) is 0 Å². The summed E-state index contributed by atoms with van der Waals surface area (Å²) in [7, 11) is 0. The summed E-state index contributed by atoms with van der Waals surface area (Å²) in [5.41, 5.74) is 10.5. The minimum absolute atomic E-state index is 0.964. The molecule has 7 rings (SSSR count). The summed E-state index contributed by atoms with van der Waals surface area (Å²) in [4.78, 5) is 10.0. The number of fused-ring (bicyclic) bond motifs is 3. The molecule has 0 saturated heterocycles. The van der Waals surface area contributed by atoms with Crippen LogP contribution in [0.2, 0.25) is 0 Å². The Labute approximate surface area is 217 Å². The number of aromatic nitrogens is 3. The Hall–Kier alpha value is -4.50. The third-order valence-electron chi connectivity index (χ3n) is 7.45. The Morgan fingerprint density at radius 2 is 1.22 bits per heavy atom. The Morgan fingerprint density at radius 1 is 0.568 bits per heavy atom. The number of hydrogen-bond donors (Lipinski definition) is 0. The zero-order valence-corrected chi connectivity index (χ0v) is 20.6. The first-order chi connectivity index (χ1) is 18.3. The molecule has 0 atom stereocenters. The van der Waals surface area contributed by atoms with Crippen molar-refractivity contribution in [3.63, 3.8) is 0 Å². The van der Waals surface area contributed by atoms with Crippen LogP contribution in [0.15, 0.2) is 115 Å². The largest absolute Gasteiger partial charge is 0.298 e. The molecule has 3 heterocycles. The Morgan fingerprint density at radius 3 is 1.89 bits per heavy atom. The zero-order valence-electron chi connectivity index (χ0n) is 20.6. The summed E-state index contributed by atoms with van der Waals surface area (Å²) in [6.07, 6.45) is 6.78. The highest BCUT2D eigenvalue weighted by molar-refractivity contribution is 5.87. The molecule has 3 aromatic carbocycles. The minimum atomic E-state index is 0.964. The van der Waals surface area contributed by atoms with E-state index in [1.807, 2.05) is 18.3 Å². The van der Waals surface area contributed by atoms with Gasteiger partial charge in [0.1, 0.15) is 5.82 Å². The Balaban J connectivity index is 1.34. The van der Waals surface area contributed by atoms with Crippen molar-refractivity contribution in [1.29, 1.82) is 0 Å². The molecule has 1 aliphatic rings. The van der Waals surface area contributed by atoms with Crippen LogP contribution in [0.25, 0.3) is 50.4 Å². The molecule has 3 nitrogen and oxygen atoms in total. The molecule has 0 amide bonds. The summed E-state index contributed by atoms with van der Waals surface area (Å²) >= 11 is 0. The lowest BCUT2D eigenvalue weighted by atomic mass is 9.95. The van der Waals surface area contributed by atoms with Gasteiger partial charge in [-0.1, -0.05) is 78.9 Å². The lowest BCUT2D eigenvalue weighted by molar-refractivity contribution is 0.664. The number of benzene rings is 3. The molecule has 0 fully saturated rings. The van der Waals surface area contributed by atoms with E-state index >= 15 is 0 Å². The highest BCUT2D eigenvalue weighted by atomic mass is 15.1.